The van der Waals surface area contributed by atoms with Gasteiger partial charge in [-0.25, -0.2) is 8.42 Å². The van der Waals surface area contributed by atoms with Crippen LogP contribution >= 0.6 is 0 Å². The van der Waals surface area contributed by atoms with E-state index in [1.165, 1.54) is 12.5 Å². The smallest absolute Gasteiger partial charge is 0.227 e. The van der Waals surface area contributed by atoms with Crippen LogP contribution in [0.2, 0.25) is 0 Å². The molecule has 0 bridgehead atoms. The Balaban J connectivity index is 1.76. The summed E-state index contributed by atoms with van der Waals surface area (Å²) in [7, 11) is -3.37. The third-order valence-electron chi connectivity index (χ3n) is 4.42. The van der Waals surface area contributed by atoms with Crippen LogP contribution in [0.1, 0.15) is 32.1 Å². The summed E-state index contributed by atoms with van der Waals surface area (Å²) in [6, 6.07) is 10.4. The number of amides is 1. The summed E-state index contributed by atoms with van der Waals surface area (Å²) in [6.07, 6.45) is 6.42. The summed E-state index contributed by atoms with van der Waals surface area (Å²) in [5.74, 6) is 0.154. The van der Waals surface area contributed by atoms with Crippen LogP contribution in [-0.2, 0) is 14.6 Å². The number of aromatic nitrogens is 2. The largest absolute Gasteiger partial charge is 0.326 e. The predicted molar refractivity (Wildman–Crippen MR) is 95.8 cm³/mol. The normalized spacial score (nSPS) is 15.7. The van der Waals surface area contributed by atoms with Gasteiger partial charge in [0.2, 0.25) is 5.91 Å². The van der Waals surface area contributed by atoms with Gasteiger partial charge >= 0.3 is 0 Å². The van der Waals surface area contributed by atoms with E-state index in [4.69, 9.17) is 0 Å². The minimum Gasteiger partial charge on any atom is -0.326 e. The number of nitrogens with zero attached hydrogens (tertiary/aromatic N) is 2. The van der Waals surface area contributed by atoms with Gasteiger partial charge in [-0.15, -0.1) is 10.2 Å². The lowest BCUT2D eigenvalue weighted by atomic mass is 9.88. The zero-order chi connectivity index (χ0) is 17.9. The third kappa shape index (κ3) is 4.42. The van der Waals surface area contributed by atoms with Crippen molar-refractivity contribution < 1.29 is 13.2 Å². The van der Waals surface area contributed by atoms with Crippen LogP contribution in [0.4, 0.5) is 5.69 Å². The summed E-state index contributed by atoms with van der Waals surface area (Å²) in [5, 5.41) is 10.7. The van der Waals surface area contributed by atoms with Crippen LogP contribution < -0.4 is 5.32 Å². The van der Waals surface area contributed by atoms with Gasteiger partial charge in [0.25, 0.3) is 0 Å². The number of benzene rings is 1. The molecule has 0 radical (unpaired) electrons. The maximum absolute atomic E-state index is 12.4. The van der Waals surface area contributed by atoms with E-state index < -0.39 is 9.84 Å². The molecule has 2 aromatic rings. The number of carbonyl (C=O) groups excluding carboxylic acids is 1. The van der Waals surface area contributed by atoms with Crippen LogP contribution in [0.5, 0.6) is 0 Å². The van der Waals surface area contributed by atoms with Crippen LogP contribution in [0.3, 0.4) is 0 Å². The fourth-order valence-corrected chi connectivity index (χ4v) is 3.54. The average Bonchev–Trinajstić information content (AvgIpc) is 2.62. The van der Waals surface area contributed by atoms with Crippen molar-refractivity contribution >= 4 is 21.4 Å². The second-order valence-corrected chi connectivity index (χ2v) is 8.40. The number of hydrogen-bond acceptors (Lipinski definition) is 5. The number of carbonyl (C=O) groups is 1. The molecule has 0 unspecified atom stereocenters. The van der Waals surface area contributed by atoms with Gasteiger partial charge in [0.15, 0.2) is 14.9 Å². The first-order chi connectivity index (χ1) is 11.9. The summed E-state index contributed by atoms with van der Waals surface area (Å²) >= 11 is 0. The van der Waals surface area contributed by atoms with E-state index in [2.05, 4.69) is 15.5 Å². The molecular weight excluding hydrogens is 338 g/mol. The van der Waals surface area contributed by atoms with Crippen molar-refractivity contribution in [1.29, 1.82) is 0 Å². The first-order valence-corrected chi connectivity index (χ1v) is 10.3. The molecule has 1 aliphatic carbocycles. The van der Waals surface area contributed by atoms with Crippen molar-refractivity contribution in [1.82, 2.24) is 10.2 Å². The van der Waals surface area contributed by atoms with E-state index in [1.54, 1.807) is 6.07 Å². The molecule has 0 saturated heterocycles. The number of anilines is 1. The van der Waals surface area contributed by atoms with Gasteiger partial charge in [-0.3, -0.25) is 4.79 Å². The molecule has 0 atom stereocenters. The van der Waals surface area contributed by atoms with Gasteiger partial charge < -0.3 is 5.32 Å². The van der Waals surface area contributed by atoms with Crippen molar-refractivity contribution in [3.05, 3.63) is 36.4 Å². The molecular formula is C18H21N3O3S. The first-order valence-electron chi connectivity index (χ1n) is 8.38. The molecule has 1 heterocycles. The maximum atomic E-state index is 12.4. The van der Waals surface area contributed by atoms with Crippen LogP contribution in [0.15, 0.2) is 41.4 Å². The zero-order valence-corrected chi connectivity index (χ0v) is 14.9. The van der Waals surface area contributed by atoms with Crippen LogP contribution in [-0.4, -0.2) is 30.8 Å². The minimum atomic E-state index is -3.37. The Morgan fingerprint density at radius 3 is 2.48 bits per heavy atom. The number of nitrogens with one attached hydrogen (secondary N) is 1. The second kappa shape index (κ2) is 7.31. The molecule has 132 valence electrons. The average molecular weight is 359 g/mol. The summed E-state index contributed by atoms with van der Waals surface area (Å²) in [4.78, 5) is 12.4. The van der Waals surface area contributed by atoms with Crippen molar-refractivity contribution in [3.8, 4) is 11.3 Å². The standard InChI is InChI=1S/C18H21N3O3S/c1-25(23,24)17-11-10-16(20-21-17)14-8-5-9-15(12-14)19-18(22)13-6-3-2-4-7-13/h5,8-13H,2-4,6-7H2,1H3,(H,19,22). The molecule has 1 aliphatic rings. The molecule has 1 fully saturated rings. The predicted octanol–water partition coefficient (Wildman–Crippen LogP) is 3.07. The van der Waals surface area contributed by atoms with Crippen LogP contribution in [0, 0.1) is 5.92 Å². The molecule has 1 aromatic carbocycles. The summed E-state index contributed by atoms with van der Waals surface area (Å²) in [6.45, 7) is 0. The molecule has 7 heteroatoms. The molecule has 1 amide bonds. The molecule has 1 aromatic heterocycles. The van der Waals surface area contributed by atoms with Gasteiger partial charge in [-0.2, -0.15) is 0 Å². The highest BCUT2D eigenvalue weighted by atomic mass is 32.2. The fourth-order valence-electron chi connectivity index (χ4n) is 3.04. The Kier molecular flexibility index (Phi) is 5.13. The lowest BCUT2D eigenvalue weighted by Crippen LogP contribution is -2.24. The third-order valence-corrected chi connectivity index (χ3v) is 5.40. The van der Waals surface area contributed by atoms with Gasteiger partial charge in [0.05, 0.1) is 5.69 Å². The van der Waals surface area contributed by atoms with E-state index in [-0.39, 0.29) is 16.9 Å². The van der Waals surface area contributed by atoms with E-state index >= 15 is 0 Å². The zero-order valence-electron chi connectivity index (χ0n) is 14.1. The maximum Gasteiger partial charge on any atom is 0.227 e. The first kappa shape index (κ1) is 17.5. The Labute approximate surface area is 147 Å². The molecule has 3 rings (SSSR count). The number of sulfone groups is 1. The highest BCUT2D eigenvalue weighted by Crippen LogP contribution is 2.26. The van der Waals surface area contributed by atoms with Crippen molar-refractivity contribution in [2.45, 2.75) is 37.1 Å². The van der Waals surface area contributed by atoms with E-state index in [1.807, 2.05) is 24.3 Å². The second-order valence-electron chi connectivity index (χ2n) is 6.43. The highest BCUT2D eigenvalue weighted by Gasteiger charge is 2.21. The Morgan fingerprint density at radius 2 is 1.84 bits per heavy atom. The Bertz CT molecular complexity index is 857. The monoisotopic (exact) mass is 359 g/mol. The van der Waals surface area contributed by atoms with E-state index in [0.29, 0.717) is 11.4 Å². The Hall–Kier alpha value is -2.28. The van der Waals surface area contributed by atoms with Crippen LogP contribution in [0.25, 0.3) is 11.3 Å². The number of rotatable bonds is 4. The lowest BCUT2D eigenvalue weighted by Gasteiger charge is -2.20. The number of hydrogen-bond donors (Lipinski definition) is 1. The molecule has 0 spiro atoms. The van der Waals surface area contributed by atoms with Gasteiger partial charge in [0, 0.05) is 23.4 Å². The highest BCUT2D eigenvalue weighted by molar-refractivity contribution is 7.90. The SMILES string of the molecule is CS(=O)(=O)c1ccc(-c2cccc(NC(=O)C3CCCCC3)c2)nn1. The van der Waals surface area contributed by atoms with E-state index in [9.17, 15) is 13.2 Å². The molecule has 25 heavy (non-hydrogen) atoms. The lowest BCUT2D eigenvalue weighted by molar-refractivity contribution is -0.120. The minimum absolute atomic E-state index is 0.0574. The summed E-state index contributed by atoms with van der Waals surface area (Å²) in [5.41, 5.74) is 2.04. The molecule has 1 saturated carbocycles. The topological polar surface area (TPSA) is 89.0 Å². The van der Waals surface area contributed by atoms with Gasteiger partial charge in [-0.05, 0) is 37.1 Å². The van der Waals surface area contributed by atoms with Gasteiger partial charge in [-0.1, -0.05) is 31.4 Å². The van der Waals surface area contributed by atoms with E-state index in [0.717, 1.165) is 37.5 Å². The Morgan fingerprint density at radius 1 is 1.08 bits per heavy atom. The quantitative estimate of drug-likeness (QED) is 0.906. The fraction of sp³-hybridized carbons (Fsp3) is 0.389. The van der Waals surface area contributed by atoms with Gasteiger partial charge in [0.1, 0.15) is 0 Å². The van der Waals surface area contributed by atoms with Crippen molar-refractivity contribution in [2.75, 3.05) is 11.6 Å². The van der Waals surface area contributed by atoms with Crippen molar-refractivity contribution in [3.63, 3.8) is 0 Å². The molecule has 1 N–H and O–H groups in total. The van der Waals surface area contributed by atoms with Crippen molar-refractivity contribution in [2.24, 2.45) is 5.92 Å². The summed E-state index contributed by atoms with van der Waals surface area (Å²) < 4.78 is 22.9. The molecule has 6 nitrogen and oxygen atoms in total. The molecule has 0 aliphatic heterocycles.